The molecule has 2 amide bonds. The lowest BCUT2D eigenvalue weighted by Gasteiger charge is -2.34. The first kappa shape index (κ1) is 18.0. The molecule has 9 heteroatoms. The molecule has 2 heterocycles. The van der Waals surface area contributed by atoms with E-state index in [1.165, 1.54) is 4.90 Å². The molecule has 0 aliphatic carbocycles. The number of amides is 2. The first-order valence-corrected chi connectivity index (χ1v) is 7.97. The molecule has 6 nitrogen and oxygen atoms in total. The number of anilines is 1. The smallest absolute Gasteiger partial charge is 0.325 e. The van der Waals surface area contributed by atoms with Crippen molar-refractivity contribution in [3.05, 3.63) is 47.5 Å². The average Bonchev–Trinajstić information content (AvgIpc) is 2.97. The summed E-state index contributed by atoms with van der Waals surface area (Å²) < 4.78 is 39.8. The minimum Gasteiger partial charge on any atom is -0.325 e. The van der Waals surface area contributed by atoms with Gasteiger partial charge in [0.15, 0.2) is 0 Å². The summed E-state index contributed by atoms with van der Waals surface area (Å²) in [6.07, 6.45) is -3.73. The molecule has 1 aromatic heterocycles. The van der Waals surface area contributed by atoms with Crippen LogP contribution in [-0.2, 0) is 17.5 Å². The van der Waals surface area contributed by atoms with Crippen LogP contribution >= 0.6 is 0 Å². The molecule has 1 aliphatic rings. The van der Waals surface area contributed by atoms with E-state index in [0.717, 1.165) is 16.3 Å². The molecule has 1 aliphatic heterocycles. The van der Waals surface area contributed by atoms with Crippen LogP contribution in [0.1, 0.15) is 28.8 Å². The number of halogens is 3. The second-order valence-electron chi connectivity index (χ2n) is 6.27. The lowest BCUT2D eigenvalue weighted by Crippen LogP contribution is -2.50. The van der Waals surface area contributed by atoms with Gasteiger partial charge in [0.05, 0.1) is 6.20 Å². The molecule has 0 radical (unpaired) electrons. The Balaban J connectivity index is 1.75. The Hall–Kier alpha value is -2.84. The van der Waals surface area contributed by atoms with E-state index in [4.69, 9.17) is 0 Å². The lowest BCUT2D eigenvalue weighted by molar-refractivity contribution is -0.147. The molecule has 138 valence electrons. The van der Waals surface area contributed by atoms with Gasteiger partial charge in [-0.2, -0.15) is 13.2 Å². The van der Waals surface area contributed by atoms with Crippen LogP contribution in [0.15, 0.2) is 30.5 Å². The molecule has 1 atom stereocenters. The van der Waals surface area contributed by atoms with Gasteiger partial charge < -0.3 is 14.8 Å². The van der Waals surface area contributed by atoms with E-state index in [0.29, 0.717) is 5.69 Å². The molecule has 26 heavy (non-hydrogen) atoms. The van der Waals surface area contributed by atoms with Gasteiger partial charge in [-0.15, -0.1) is 0 Å². The normalized spacial score (nSPS) is 17.2. The van der Waals surface area contributed by atoms with Crippen LogP contribution in [0.25, 0.3) is 0 Å². The molecule has 2 aromatic rings. The van der Waals surface area contributed by atoms with Crippen molar-refractivity contribution in [3.63, 3.8) is 0 Å². The van der Waals surface area contributed by atoms with E-state index in [1.54, 1.807) is 19.1 Å². The summed E-state index contributed by atoms with van der Waals surface area (Å²) in [5, 5.41) is 2.68. The number of hydrogen-bond acceptors (Lipinski definition) is 3. The zero-order valence-corrected chi connectivity index (χ0v) is 14.2. The summed E-state index contributed by atoms with van der Waals surface area (Å²) in [5.74, 6) is -2.17. The first-order chi connectivity index (χ1) is 12.2. The van der Waals surface area contributed by atoms with E-state index in [2.05, 4.69) is 10.3 Å². The van der Waals surface area contributed by atoms with Gasteiger partial charge in [0.2, 0.25) is 11.7 Å². The van der Waals surface area contributed by atoms with E-state index in [9.17, 15) is 22.8 Å². The van der Waals surface area contributed by atoms with Gasteiger partial charge in [0, 0.05) is 18.3 Å². The third kappa shape index (κ3) is 3.42. The van der Waals surface area contributed by atoms with Crippen molar-refractivity contribution >= 4 is 17.5 Å². The number of carbonyl (C=O) groups excluding carboxylic acids is 2. The van der Waals surface area contributed by atoms with Gasteiger partial charge in [-0.3, -0.25) is 9.59 Å². The summed E-state index contributed by atoms with van der Waals surface area (Å²) in [6, 6.07) is 6.57. The van der Waals surface area contributed by atoms with Crippen LogP contribution in [0.3, 0.4) is 0 Å². The Kier molecular flexibility index (Phi) is 4.47. The molecular formula is C17H17F3N4O2. The predicted molar refractivity (Wildman–Crippen MR) is 87.5 cm³/mol. The maximum absolute atomic E-state index is 13.0. The van der Waals surface area contributed by atoms with Gasteiger partial charge in [-0.05, 0) is 26.0 Å². The van der Waals surface area contributed by atoms with Crippen molar-refractivity contribution in [1.82, 2.24) is 14.5 Å². The largest absolute Gasteiger partial charge is 0.449 e. The highest BCUT2D eigenvalue weighted by atomic mass is 19.4. The molecule has 1 unspecified atom stereocenters. The standard InChI is InChI=1S/C17H17F3N4O2/c1-10-3-5-12(6-4-10)22-14(25)9-23-11(2)8-24-13(15(23)26)7-21-16(24)17(18,19)20/h3-7,11H,8-9H2,1-2H3,(H,22,25). The van der Waals surface area contributed by atoms with Gasteiger partial charge in [0.25, 0.3) is 5.91 Å². The minimum atomic E-state index is -4.64. The second kappa shape index (κ2) is 6.47. The summed E-state index contributed by atoms with van der Waals surface area (Å²) in [6.45, 7) is 3.19. The number of fused-ring (bicyclic) bond motifs is 1. The van der Waals surface area contributed by atoms with E-state index in [-0.39, 0.29) is 18.8 Å². The molecule has 0 saturated heterocycles. The van der Waals surface area contributed by atoms with Gasteiger partial charge >= 0.3 is 6.18 Å². The van der Waals surface area contributed by atoms with Crippen molar-refractivity contribution < 1.29 is 22.8 Å². The maximum Gasteiger partial charge on any atom is 0.449 e. The Labute approximate surface area is 147 Å². The van der Waals surface area contributed by atoms with E-state index < -0.39 is 29.9 Å². The van der Waals surface area contributed by atoms with Crippen LogP contribution in [0.2, 0.25) is 0 Å². The molecule has 3 rings (SSSR count). The average molecular weight is 366 g/mol. The van der Waals surface area contributed by atoms with Gasteiger partial charge in [-0.25, -0.2) is 4.98 Å². The van der Waals surface area contributed by atoms with Crippen LogP contribution in [0, 0.1) is 6.92 Å². The number of alkyl halides is 3. The Morgan fingerprint density at radius 3 is 2.58 bits per heavy atom. The zero-order chi connectivity index (χ0) is 19.1. The monoisotopic (exact) mass is 366 g/mol. The number of nitrogens with zero attached hydrogens (tertiary/aromatic N) is 3. The summed E-state index contributed by atoms with van der Waals surface area (Å²) in [4.78, 5) is 29.3. The van der Waals surface area contributed by atoms with E-state index in [1.807, 2.05) is 19.1 Å². The lowest BCUT2D eigenvalue weighted by atomic mass is 10.1. The fourth-order valence-corrected chi connectivity index (χ4v) is 2.89. The highest BCUT2D eigenvalue weighted by Crippen LogP contribution is 2.31. The zero-order valence-electron chi connectivity index (χ0n) is 14.2. The Morgan fingerprint density at radius 1 is 1.31 bits per heavy atom. The number of nitrogens with one attached hydrogen (secondary N) is 1. The number of carbonyl (C=O) groups is 2. The molecule has 1 N–H and O–H groups in total. The number of imidazole rings is 1. The van der Waals surface area contributed by atoms with Crippen molar-refractivity contribution in [2.45, 2.75) is 32.6 Å². The van der Waals surface area contributed by atoms with Crippen LogP contribution in [0.4, 0.5) is 18.9 Å². The predicted octanol–water partition coefficient (Wildman–Crippen LogP) is 2.69. The molecule has 0 saturated carbocycles. The van der Waals surface area contributed by atoms with Gasteiger partial charge in [0.1, 0.15) is 12.2 Å². The fraction of sp³-hybridized carbons (Fsp3) is 0.353. The number of rotatable bonds is 3. The Bertz CT molecular complexity index is 843. The topological polar surface area (TPSA) is 67.2 Å². The number of aromatic nitrogens is 2. The number of aryl methyl sites for hydroxylation is 1. The third-order valence-electron chi connectivity index (χ3n) is 4.22. The van der Waals surface area contributed by atoms with E-state index >= 15 is 0 Å². The molecule has 0 spiro atoms. The van der Waals surface area contributed by atoms with Crippen LogP contribution < -0.4 is 5.32 Å². The molecular weight excluding hydrogens is 349 g/mol. The van der Waals surface area contributed by atoms with Crippen molar-refractivity contribution in [3.8, 4) is 0 Å². The van der Waals surface area contributed by atoms with Crippen molar-refractivity contribution in [2.75, 3.05) is 11.9 Å². The molecule has 0 bridgehead atoms. The maximum atomic E-state index is 13.0. The minimum absolute atomic E-state index is 0.0757. The van der Waals surface area contributed by atoms with Crippen LogP contribution in [0.5, 0.6) is 0 Å². The SMILES string of the molecule is Cc1ccc(NC(=O)CN2C(=O)c3cnc(C(F)(F)F)n3CC2C)cc1. The molecule has 1 aromatic carbocycles. The van der Waals surface area contributed by atoms with Crippen molar-refractivity contribution in [1.29, 1.82) is 0 Å². The number of hydrogen-bond donors (Lipinski definition) is 1. The first-order valence-electron chi connectivity index (χ1n) is 7.97. The summed E-state index contributed by atoms with van der Waals surface area (Å²) >= 11 is 0. The summed E-state index contributed by atoms with van der Waals surface area (Å²) in [5.41, 5.74) is 1.46. The highest BCUT2D eigenvalue weighted by Gasteiger charge is 2.42. The van der Waals surface area contributed by atoms with Gasteiger partial charge in [-0.1, -0.05) is 17.7 Å². The van der Waals surface area contributed by atoms with Crippen LogP contribution in [-0.4, -0.2) is 38.9 Å². The third-order valence-corrected chi connectivity index (χ3v) is 4.22. The fourth-order valence-electron chi connectivity index (χ4n) is 2.89. The number of benzene rings is 1. The summed E-state index contributed by atoms with van der Waals surface area (Å²) in [7, 11) is 0. The quantitative estimate of drug-likeness (QED) is 0.908. The molecule has 0 fully saturated rings. The highest BCUT2D eigenvalue weighted by molar-refractivity contribution is 5.99. The van der Waals surface area contributed by atoms with Crippen molar-refractivity contribution in [2.24, 2.45) is 0 Å². The second-order valence-corrected chi connectivity index (χ2v) is 6.27. The Morgan fingerprint density at radius 2 is 1.96 bits per heavy atom.